The van der Waals surface area contributed by atoms with Crippen molar-refractivity contribution < 1.29 is 9.59 Å². The van der Waals surface area contributed by atoms with Gasteiger partial charge in [-0.2, -0.15) is 0 Å². The lowest BCUT2D eigenvalue weighted by Crippen LogP contribution is -2.52. The van der Waals surface area contributed by atoms with E-state index in [1.165, 1.54) is 10.5 Å². The van der Waals surface area contributed by atoms with Gasteiger partial charge in [0, 0.05) is 26.2 Å². The molecule has 2 aliphatic heterocycles. The predicted molar refractivity (Wildman–Crippen MR) is 90.4 cm³/mol. The molecule has 0 aliphatic carbocycles. The van der Waals surface area contributed by atoms with Crippen LogP contribution in [0.25, 0.3) is 0 Å². The first-order valence-electron chi connectivity index (χ1n) is 8.56. The Balaban J connectivity index is 1.72. The van der Waals surface area contributed by atoms with Crippen molar-refractivity contribution in [3.63, 3.8) is 0 Å². The number of carbonyl (C=O) groups excluding carboxylic acids is 2. The number of nitrogens with zero attached hydrogens (tertiary/aromatic N) is 3. The van der Waals surface area contributed by atoms with Crippen molar-refractivity contribution in [3.8, 4) is 0 Å². The standard InChI is InChI=1S/C18H25N3O2/c1-3-14-5-7-15(8-6-14)21-17(22)13-16(18(21)23)20-11-9-19(4-2)10-12-20/h5-8,16H,3-4,9-13H2,1-2H3. The molecule has 5 heteroatoms. The van der Waals surface area contributed by atoms with E-state index in [9.17, 15) is 9.59 Å². The molecule has 2 fully saturated rings. The molecule has 2 aliphatic rings. The zero-order chi connectivity index (χ0) is 16.4. The molecule has 1 aromatic carbocycles. The second-order valence-corrected chi connectivity index (χ2v) is 6.28. The first-order valence-corrected chi connectivity index (χ1v) is 8.56. The molecule has 0 bridgehead atoms. The summed E-state index contributed by atoms with van der Waals surface area (Å²) < 4.78 is 0. The zero-order valence-electron chi connectivity index (χ0n) is 14.0. The van der Waals surface area contributed by atoms with Crippen LogP contribution in [0.15, 0.2) is 24.3 Å². The van der Waals surface area contributed by atoms with Gasteiger partial charge < -0.3 is 4.90 Å². The smallest absolute Gasteiger partial charge is 0.251 e. The molecule has 124 valence electrons. The van der Waals surface area contributed by atoms with E-state index in [-0.39, 0.29) is 17.9 Å². The quantitative estimate of drug-likeness (QED) is 0.790. The van der Waals surface area contributed by atoms with Crippen molar-refractivity contribution in [1.82, 2.24) is 9.80 Å². The maximum atomic E-state index is 12.8. The molecule has 0 aromatic heterocycles. The maximum absolute atomic E-state index is 12.8. The summed E-state index contributed by atoms with van der Waals surface area (Å²) >= 11 is 0. The Kier molecular flexibility index (Phi) is 4.78. The number of anilines is 1. The van der Waals surface area contributed by atoms with E-state index >= 15 is 0 Å². The molecule has 0 radical (unpaired) electrons. The Hall–Kier alpha value is -1.72. The number of hydrogen-bond acceptors (Lipinski definition) is 4. The van der Waals surface area contributed by atoms with Crippen LogP contribution in [-0.2, 0) is 16.0 Å². The molecular weight excluding hydrogens is 290 g/mol. The fourth-order valence-electron chi connectivity index (χ4n) is 3.44. The highest BCUT2D eigenvalue weighted by molar-refractivity contribution is 6.22. The molecular formula is C18H25N3O2. The van der Waals surface area contributed by atoms with Crippen LogP contribution in [0.3, 0.4) is 0 Å². The summed E-state index contributed by atoms with van der Waals surface area (Å²) in [6.45, 7) is 8.95. The second kappa shape index (κ2) is 6.81. The molecule has 2 amide bonds. The molecule has 1 aromatic rings. The van der Waals surface area contributed by atoms with Gasteiger partial charge in [0.2, 0.25) is 5.91 Å². The molecule has 0 saturated carbocycles. The molecule has 0 N–H and O–H groups in total. The third-order valence-corrected chi connectivity index (χ3v) is 5.02. The SMILES string of the molecule is CCc1ccc(N2C(=O)CC(N3CCN(CC)CC3)C2=O)cc1. The number of aryl methyl sites for hydroxylation is 1. The summed E-state index contributed by atoms with van der Waals surface area (Å²) in [6.07, 6.45) is 1.26. The molecule has 0 spiro atoms. The van der Waals surface area contributed by atoms with Crippen molar-refractivity contribution in [1.29, 1.82) is 0 Å². The highest BCUT2D eigenvalue weighted by atomic mass is 16.2. The molecule has 5 nitrogen and oxygen atoms in total. The van der Waals surface area contributed by atoms with Gasteiger partial charge in [0.05, 0.1) is 18.2 Å². The zero-order valence-corrected chi connectivity index (χ0v) is 14.0. The van der Waals surface area contributed by atoms with Crippen molar-refractivity contribution in [2.45, 2.75) is 32.7 Å². The lowest BCUT2D eigenvalue weighted by atomic mass is 10.1. The van der Waals surface area contributed by atoms with Crippen LogP contribution in [0.2, 0.25) is 0 Å². The summed E-state index contributed by atoms with van der Waals surface area (Å²) in [5.74, 6) is -0.147. The summed E-state index contributed by atoms with van der Waals surface area (Å²) in [5, 5.41) is 0. The minimum absolute atomic E-state index is 0.0656. The van der Waals surface area contributed by atoms with Crippen LogP contribution in [0, 0.1) is 0 Å². The van der Waals surface area contributed by atoms with Crippen LogP contribution < -0.4 is 4.90 Å². The van der Waals surface area contributed by atoms with E-state index in [2.05, 4.69) is 23.6 Å². The maximum Gasteiger partial charge on any atom is 0.251 e. The number of rotatable bonds is 4. The van der Waals surface area contributed by atoms with Gasteiger partial charge in [0.15, 0.2) is 0 Å². The fraction of sp³-hybridized carbons (Fsp3) is 0.556. The lowest BCUT2D eigenvalue weighted by Gasteiger charge is -2.36. The average Bonchev–Trinajstić information content (AvgIpc) is 2.89. The van der Waals surface area contributed by atoms with E-state index < -0.39 is 0 Å². The van der Waals surface area contributed by atoms with Gasteiger partial charge in [-0.15, -0.1) is 0 Å². The van der Waals surface area contributed by atoms with E-state index in [0.29, 0.717) is 12.1 Å². The van der Waals surface area contributed by atoms with Crippen molar-refractivity contribution in [2.24, 2.45) is 0 Å². The highest BCUT2D eigenvalue weighted by Crippen LogP contribution is 2.26. The van der Waals surface area contributed by atoms with Gasteiger partial charge in [-0.25, -0.2) is 4.90 Å². The van der Waals surface area contributed by atoms with E-state index in [1.54, 1.807) is 0 Å². The predicted octanol–water partition coefficient (Wildman–Crippen LogP) is 1.52. The number of hydrogen-bond donors (Lipinski definition) is 0. The van der Waals surface area contributed by atoms with Crippen LogP contribution >= 0.6 is 0 Å². The van der Waals surface area contributed by atoms with Crippen LogP contribution in [0.5, 0.6) is 0 Å². The van der Waals surface area contributed by atoms with E-state index in [1.807, 2.05) is 24.3 Å². The second-order valence-electron chi connectivity index (χ2n) is 6.28. The Morgan fingerprint density at radius 1 is 1.00 bits per heavy atom. The minimum atomic E-state index is -0.285. The lowest BCUT2D eigenvalue weighted by molar-refractivity contribution is -0.123. The first-order chi connectivity index (χ1) is 11.1. The van der Waals surface area contributed by atoms with E-state index in [0.717, 1.165) is 39.1 Å². The third kappa shape index (κ3) is 3.16. The van der Waals surface area contributed by atoms with E-state index in [4.69, 9.17) is 0 Å². The summed E-state index contributed by atoms with van der Waals surface area (Å²) in [5.41, 5.74) is 1.91. The topological polar surface area (TPSA) is 43.9 Å². The largest absolute Gasteiger partial charge is 0.301 e. The Bertz CT molecular complexity index is 576. The normalized spacial score (nSPS) is 23.7. The van der Waals surface area contributed by atoms with Gasteiger partial charge in [-0.3, -0.25) is 14.5 Å². The number of amides is 2. The van der Waals surface area contributed by atoms with Gasteiger partial charge in [-0.1, -0.05) is 26.0 Å². The van der Waals surface area contributed by atoms with Gasteiger partial charge >= 0.3 is 0 Å². The molecule has 1 atom stereocenters. The number of likely N-dealkylation sites (N-methyl/N-ethyl adjacent to an activating group) is 1. The van der Waals surface area contributed by atoms with Crippen LogP contribution in [0.4, 0.5) is 5.69 Å². The van der Waals surface area contributed by atoms with Crippen LogP contribution in [-0.4, -0.2) is 60.4 Å². The number of piperazine rings is 1. The summed E-state index contributed by atoms with van der Waals surface area (Å²) in [6, 6.07) is 7.46. The molecule has 23 heavy (non-hydrogen) atoms. The minimum Gasteiger partial charge on any atom is -0.301 e. The number of benzene rings is 1. The fourth-order valence-corrected chi connectivity index (χ4v) is 3.44. The van der Waals surface area contributed by atoms with Crippen LogP contribution in [0.1, 0.15) is 25.8 Å². The molecule has 2 saturated heterocycles. The van der Waals surface area contributed by atoms with Crippen molar-refractivity contribution >= 4 is 17.5 Å². The molecule has 3 rings (SSSR count). The van der Waals surface area contributed by atoms with Crippen molar-refractivity contribution in [3.05, 3.63) is 29.8 Å². The average molecular weight is 315 g/mol. The summed E-state index contributed by atoms with van der Waals surface area (Å²) in [7, 11) is 0. The number of carbonyl (C=O) groups is 2. The first kappa shape index (κ1) is 16.1. The van der Waals surface area contributed by atoms with Crippen molar-refractivity contribution in [2.75, 3.05) is 37.6 Å². The van der Waals surface area contributed by atoms with Gasteiger partial charge in [0.1, 0.15) is 0 Å². The summed E-state index contributed by atoms with van der Waals surface area (Å²) in [4.78, 5) is 31.1. The highest BCUT2D eigenvalue weighted by Gasteiger charge is 2.43. The van der Waals surface area contributed by atoms with Gasteiger partial charge in [-0.05, 0) is 30.7 Å². The molecule has 2 heterocycles. The third-order valence-electron chi connectivity index (χ3n) is 5.02. The monoisotopic (exact) mass is 315 g/mol. The van der Waals surface area contributed by atoms with Gasteiger partial charge in [0.25, 0.3) is 5.91 Å². The Morgan fingerprint density at radius 2 is 1.65 bits per heavy atom. The number of imide groups is 1. The Labute approximate surface area is 137 Å². The molecule has 1 unspecified atom stereocenters. The Morgan fingerprint density at radius 3 is 2.22 bits per heavy atom.